The van der Waals surface area contributed by atoms with Crippen molar-refractivity contribution in [1.29, 1.82) is 0 Å². The molecule has 1 N–H and O–H groups in total. The molecule has 1 aliphatic heterocycles. The molecule has 186 valence electrons. The van der Waals surface area contributed by atoms with Crippen LogP contribution in [-0.2, 0) is 21.4 Å². The molecule has 1 aliphatic rings. The van der Waals surface area contributed by atoms with Gasteiger partial charge in [-0.3, -0.25) is 10.0 Å². The molecule has 1 fully saturated rings. The molecule has 1 heterocycles. The van der Waals surface area contributed by atoms with Gasteiger partial charge in [-0.05, 0) is 36.2 Å². The third-order valence-corrected chi connectivity index (χ3v) is 8.07. The smallest absolute Gasteiger partial charge is 0.233 e. The lowest BCUT2D eigenvalue weighted by molar-refractivity contribution is -0.158. The van der Waals surface area contributed by atoms with Crippen molar-refractivity contribution >= 4 is 22.1 Å². The van der Waals surface area contributed by atoms with Gasteiger partial charge in [-0.1, -0.05) is 56.5 Å². The molecule has 9 heteroatoms. The highest BCUT2D eigenvalue weighted by molar-refractivity contribution is 7.89. The molecule has 34 heavy (non-hydrogen) atoms. The molecule has 2 aromatic rings. The SMILES string of the molecule is CCCCCC(CS(=O)(=O)N1CCN(c2ccc(OCc3ccccc3)cc2)CC1)N(O)C=O. The summed E-state index contributed by atoms with van der Waals surface area (Å²) in [6.45, 7) is 4.42. The molecular formula is C25H35N3O5S. The van der Waals surface area contributed by atoms with Crippen LogP contribution in [0.15, 0.2) is 54.6 Å². The fourth-order valence-corrected chi connectivity index (χ4v) is 5.81. The summed E-state index contributed by atoms with van der Waals surface area (Å²) in [4.78, 5) is 13.2. The maximum absolute atomic E-state index is 13.0. The Hall–Kier alpha value is -2.62. The first-order chi connectivity index (χ1) is 16.4. The number of sulfonamides is 1. The van der Waals surface area contributed by atoms with Crippen LogP contribution in [0.3, 0.4) is 0 Å². The molecule has 3 rings (SSSR count). The molecule has 1 atom stereocenters. The number of amides is 1. The molecule has 0 aromatic heterocycles. The second-order valence-corrected chi connectivity index (χ2v) is 10.6. The Bertz CT molecular complexity index is 977. The quantitative estimate of drug-likeness (QED) is 0.200. The number of unbranched alkanes of at least 4 members (excludes halogenated alkanes) is 2. The van der Waals surface area contributed by atoms with Crippen molar-refractivity contribution in [3.63, 3.8) is 0 Å². The Kier molecular flexibility index (Phi) is 9.74. The number of hydrogen-bond acceptors (Lipinski definition) is 6. The minimum atomic E-state index is -3.59. The van der Waals surface area contributed by atoms with Crippen molar-refractivity contribution in [2.24, 2.45) is 0 Å². The van der Waals surface area contributed by atoms with Crippen LogP contribution < -0.4 is 9.64 Å². The van der Waals surface area contributed by atoms with E-state index >= 15 is 0 Å². The zero-order valence-corrected chi connectivity index (χ0v) is 20.6. The van der Waals surface area contributed by atoms with Crippen molar-refractivity contribution in [3.05, 3.63) is 60.2 Å². The average Bonchev–Trinajstić information content (AvgIpc) is 2.87. The van der Waals surface area contributed by atoms with Crippen LogP contribution in [0.5, 0.6) is 5.75 Å². The predicted molar refractivity (Wildman–Crippen MR) is 132 cm³/mol. The van der Waals surface area contributed by atoms with Crippen molar-refractivity contribution < 1.29 is 23.2 Å². The maximum atomic E-state index is 13.0. The third kappa shape index (κ3) is 7.44. The number of hydrogen-bond donors (Lipinski definition) is 1. The van der Waals surface area contributed by atoms with Crippen LogP contribution in [0.1, 0.15) is 38.2 Å². The number of piperazine rings is 1. The number of carbonyl (C=O) groups excluding carboxylic acids is 1. The Morgan fingerprint density at radius 1 is 1.03 bits per heavy atom. The summed E-state index contributed by atoms with van der Waals surface area (Å²) < 4.78 is 33.2. The second kappa shape index (κ2) is 12.7. The van der Waals surface area contributed by atoms with Gasteiger partial charge in [0.15, 0.2) is 0 Å². The van der Waals surface area contributed by atoms with Gasteiger partial charge < -0.3 is 9.64 Å². The maximum Gasteiger partial charge on any atom is 0.233 e. The average molecular weight is 490 g/mol. The topological polar surface area (TPSA) is 90.4 Å². The normalized spacial score (nSPS) is 15.6. The third-order valence-electron chi connectivity index (χ3n) is 6.11. The number of anilines is 1. The number of nitrogens with zero attached hydrogens (tertiary/aromatic N) is 3. The first-order valence-corrected chi connectivity index (χ1v) is 13.5. The van der Waals surface area contributed by atoms with Crippen LogP contribution in [0.4, 0.5) is 5.69 Å². The molecule has 1 amide bonds. The second-order valence-electron chi connectivity index (χ2n) is 8.57. The van der Waals surface area contributed by atoms with Crippen molar-refractivity contribution in [2.45, 2.75) is 45.3 Å². The highest BCUT2D eigenvalue weighted by Gasteiger charge is 2.31. The van der Waals surface area contributed by atoms with Crippen molar-refractivity contribution in [1.82, 2.24) is 9.37 Å². The Balaban J connectivity index is 1.51. The van der Waals surface area contributed by atoms with Gasteiger partial charge >= 0.3 is 0 Å². The molecule has 2 aromatic carbocycles. The predicted octanol–water partition coefficient (Wildman–Crippen LogP) is 3.51. The van der Waals surface area contributed by atoms with Gasteiger partial charge in [-0.2, -0.15) is 4.31 Å². The monoisotopic (exact) mass is 489 g/mol. The number of rotatable bonds is 13. The molecule has 0 bridgehead atoms. The lowest BCUT2D eigenvalue weighted by atomic mass is 10.1. The zero-order valence-electron chi connectivity index (χ0n) is 19.8. The van der Waals surface area contributed by atoms with Crippen LogP contribution in [-0.4, -0.2) is 67.4 Å². The van der Waals surface area contributed by atoms with E-state index in [2.05, 4.69) is 4.90 Å². The van der Waals surface area contributed by atoms with E-state index < -0.39 is 16.1 Å². The summed E-state index contributed by atoms with van der Waals surface area (Å²) in [6.07, 6.45) is 3.42. The molecular weight excluding hydrogens is 454 g/mol. The lowest BCUT2D eigenvalue weighted by Crippen LogP contribution is -2.51. The summed E-state index contributed by atoms with van der Waals surface area (Å²) in [7, 11) is -3.59. The Labute approximate surface area is 202 Å². The molecule has 1 saturated heterocycles. The molecule has 0 spiro atoms. The molecule has 0 radical (unpaired) electrons. The fraction of sp³-hybridized carbons (Fsp3) is 0.480. The summed E-state index contributed by atoms with van der Waals surface area (Å²) in [6, 6.07) is 17.1. The van der Waals surface area contributed by atoms with E-state index in [0.29, 0.717) is 44.3 Å². The number of carbonyl (C=O) groups is 1. The van der Waals surface area contributed by atoms with E-state index in [9.17, 15) is 18.4 Å². The largest absolute Gasteiger partial charge is 0.489 e. The molecule has 8 nitrogen and oxygen atoms in total. The fourth-order valence-electron chi connectivity index (χ4n) is 4.08. The van der Waals surface area contributed by atoms with Crippen LogP contribution in [0.2, 0.25) is 0 Å². The standard InChI is InChI=1S/C25H35N3O5S/c1-2-3-5-10-24(28(30)21-29)20-34(31,32)27-17-15-26(16-18-27)23-11-13-25(14-12-23)33-19-22-8-6-4-7-9-22/h4,6-9,11-14,21,24,30H,2-3,5,10,15-20H2,1H3. The van der Waals surface area contributed by atoms with Crippen LogP contribution >= 0.6 is 0 Å². The van der Waals surface area contributed by atoms with E-state index in [0.717, 1.165) is 36.3 Å². The first-order valence-electron chi connectivity index (χ1n) is 11.8. The van der Waals surface area contributed by atoms with Crippen LogP contribution in [0.25, 0.3) is 0 Å². The highest BCUT2D eigenvalue weighted by atomic mass is 32.2. The van der Waals surface area contributed by atoms with Gasteiger partial charge in [-0.15, -0.1) is 0 Å². The zero-order chi connectivity index (χ0) is 24.4. The van der Waals surface area contributed by atoms with Crippen molar-refractivity contribution in [3.8, 4) is 5.75 Å². The number of benzene rings is 2. The van der Waals surface area contributed by atoms with Gasteiger partial charge in [0.05, 0.1) is 11.8 Å². The van der Waals surface area contributed by atoms with Gasteiger partial charge in [0.2, 0.25) is 16.4 Å². The first kappa shape index (κ1) is 26.0. The summed E-state index contributed by atoms with van der Waals surface area (Å²) in [5, 5.41) is 10.4. The molecule has 0 aliphatic carbocycles. The van der Waals surface area contributed by atoms with Gasteiger partial charge in [0.1, 0.15) is 12.4 Å². The Morgan fingerprint density at radius 3 is 2.32 bits per heavy atom. The number of ether oxygens (including phenoxy) is 1. The minimum absolute atomic E-state index is 0.264. The van der Waals surface area contributed by atoms with E-state index in [4.69, 9.17) is 4.74 Å². The van der Waals surface area contributed by atoms with Gasteiger partial charge in [0, 0.05) is 31.9 Å². The highest BCUT2D eigenvalue weighted by Crippen LogP contribution is 2.23. The summed E-state index contributed by atoms with van der Waals surface area (Å²) in [5.41, 5.74) is 2.12. The summed E-state index contributed by atoms with van der Waals surface area (Å²) >= 11 is 0. The van der Waals surface area contributed by atoms with Crippen molar-refractivity contribution in [2.75, 3.05) is 36.8 Å². The lowest BCUT2D eigenvalue weighted by Gasteiger charge is -2.36. The van der Waals surface area contributed by atoms with Gasteiger partial charge in [0.25, 0.3) is 0 Å². The number of hydroxylamine groups is 2. The Morgan fingerprint density at radius 2 is 1.71 bits per heavy atom. The van der Waals surface area contributed by atoms with Crippen LogP contribution in [0, 0.1) is 0 Å². The summed E-state index contributed by atoms with van der Waals surface area (Å²) in [5.74, 6) is 0.519. The van der Waals surface area contributed by atoms with Gasteiger partial charge in [-0.25, -0.2) is 13.5 Å². The minimum Gasteiger partial charge on any atom is -0.489 e. The molecule has 1 unspecified atom stereocenters. The van der Waals surface area contributed by atoms with E-state index in [1.165, 1.54) is 4.31 Å². The molecule has 0 saturated carbocycles. The van der Waals surface area contributed by atoms with E-state index in [-0.39, 0.29) is 12.2 Å². The van der Waals surface area contributed by atoms with E-state index in [1.807, 2.05) is 61.5 Å². The van der Waals surface area contributed by atoms with E-state index in [1.54, 1.807) is 0 Å².